The van der Waals surface area contributed by atoms with Crippen LogP contribution in [0.15, 0.2) is 30.5 Å². The van der Waals surface area contributed by atoms with E-state index in [2.05, 4.69) is 34.3 Å². The number of hydrogen-bond donors (Lipinski definition) is 1. The molecule has 26 heavy (non-hydrogen) atoms. The van der Waals surface area contributed by atoms with Crippen LogP contribution in [0.2, 0.25) is 0 Å². The molecule has 0 radical (unpaired) electrons. The van der Waals surface area contributed by atoms with Crippen molar-refractivity contribution in [2.24, 2.45) is 5.92 Å². The molecule has 3 aromatic rings. The Hall–Kier alpha value is -2.10. The number of fused-ring (bicyclic) bond motifs is 2. The number of nitrogens with zero attached hydrogens (tertiary/aromatic N) is 3. The summed E-state index contributed by atoms with van der Waals surface area (Å²) in [4.78, 5) is 5.00. The maximum atomic E-state index is 5.00. The van der Waals surface area contributed by atoms with Gasteiger partial charge in [0.15, 0.2) is 5.65 Å². The second-order valence-corrected chi connectivity index (χ2v) is 8.15. The first kappa shape index (κ1) is 16.1. The number of benzene rings is 1. The highest BCUT2D eigenvalue weighted by atomic mass is 15.3. The molecule has 5 rings (SSSR count). The third-order valence-corrected chi connectivity index (χ3v) is 6.40. The van der Waals surface area contributed by atoms with Gasteiger partial charge in [-0.05, 0) is 37.7 Å². The second kappa shape index (κ2) is 6.90. The summed E-state index contributed by atoms with van der Waals surface area (Å²) in [5.41, 5.74) is 3.37. The van der Waals surface area contributed by atoms with E-state index in [9.17, 15) is 0 Å². The standard InChI is InChI=1S/C22H28N4/c1-2-8-16(9-3-1)14-23-21-18-12-6-7-13-20(18)25-22-19(21)15-24-26(22)17-10-4-5-11-17/h6-7,12-13,15-17H,1-5,8-11,14H2,(H,23,25). The zero-order chi connectivity index (χ0) is 17.3. The number of rotatable bonds is 4. The lowest BCUT2D eigenvalue weighted by Gasteiger charge is -2.23. The van der Waals surface area contributed by atoms with Gasteiger partial charge in [-0.3, -0.25) is 0 Å². The van der Waals surface area contributed by atoms with Crippen molar-refractivity contribution >= 4 is 27.6 Å². The molecule has 4 nitrogen and oxygen atoms in total. The maximum absolute atomic E-state index is 5.00. The normalized spacial score (nSPS) is 19.5. The van der Waals surface area contributed by atoms with E-state index in [-0.39, 0.29) is 0 Å². The molecule has 2 saturated carbocycles. The van der Waals surface area contributed by atoms with Gasteiger partial charge in [0.2, 0.25) is 0 Å². The molecule has 2 aromatic heterocycles. The van der Waals surface area contributed by atoms with Gasteiger partial charge in [0.1, 0.15) is 0 Å². The summed E-state index contributed by atoms with van der Waals surface area (Å²) in [5, 5.41) is 11.0. The van der Waals surface area contributed by atoms with Gasteiger partial charge >= 0.3 is 0 Å². The Balaban J connectivity index is 1.56. The van der Waals surface area contributed by atoms with Crippen molar-refractivity contribution in [3.8, 4) is 0 Å². The Bertz CT molecular complexity index is 901. The first-order valence-electron chi connectivity index (χ1n) is 10.4. The van der Waals surface area contributed by atoms with Crippen molar-refractivity contribution in [1.82, 2.24) is 14.8 Å². The topological polar surface area (TPSA) is 42.7 Å². The molecule has 4 heteroatoms. The summed E-state index contributed by atoms with van der Waals surface area (Å²) in [6.07, 6.45) is 14.0. The van der Waals surface area contributed by atoms with E-state index in [1.165, 1.54) is 74.2 Å². The highest BCUT2D eigenvalue weighted by Crippen LogP contribution is 2.36. The molecule has 2 aliphatic carbocycles. The van der Waals surface area contributed by atoms with Gasteiger partial charge in [-0.1, -0.05) is 50.3 Å². The molecular weight excluding hydrogens is 320 g/mol. The molecular formula is C22H28N4. The van der Waals surface area contributed by atoms with Gasteiger partial charge < -0.3 is 5.32 Å². The van der Waals surface area contributed by atoms with Crippen molar-refractivity contribution < 1.29 is 0 Å². The van der Waals surface area contributed by atoms with Crippen molar-refractivity contribution in [3.63, 3.8) is 0 Å². The van der Waals surface area contributed by atoms with E-state index in [1.54, 1.807) is 0 Å². The maximum Gasteiger partial charge on any atom is 0.160 e. The lowest BCUT2D eigenvalue weighted by atomic mass is 9.89. The molecule has 0 bridgehead atoms. The third-order valence-electron chi connectivity index (χ3n) is 6.40. The average molecular weight is 348 g/mol. The van der Waals surface area contributed by atoms with Crippen LogP contribution in [0.3, 0.4) is 0 Å². The fraction of sp³-hybridized carbons (Fsp3) is 0.545. The van der Waals surface area contributed by atoms with Crippen LogP contribution in [-0.4, -0.2) is 21.3 Å². The molecule has 0 spiro atoms. The Morgan fingerprint density at radius 2 is 1.69 bits per heavy atom. The minimum absolute atomic E-state index is 0.521. The summed E-state index contributed by atoms with van der Waals surface area (Å²) >= 11 is 0. The Kier molecular flexibility index (Phi) is 4.27. The predicted molar refractivity (Wildman–Crippen MR) is 108 cm³/mol. The fourth-order valence-electron chi connectivity index (χ4n) is 4.93. The van der Waals surface area contributed by atoms with Gasteiger partial charge in [-0.25, -0.2) is 9.67 Å². The summed E-state index contributed by atoms with van der Waals surface area (Å²) < 4.78 is 2.20. The molecule has 1 N–H and O–H groups in total. The Morgan fingerprint density at radius 1 is 0.923 bits per heavy atom. The highest BCUT2D eigenvalue weighted by Gasteiger charge is 2.22. The SMILES string of the molecule is c1ccc2c(NCC3CCCCC3)c3cnn(C4CCCC4)c3nc2c1. The van der Waals surface area contributed by atoms with Crippen LogP contribution in [0.25, 0.3) is 21.9 Å². The van der Waals surface area contributed by atoms with Gasteiger partial charge in [0.05, 0.1) is 28.8 Å². The van der Waals surface area contributed by atoms with Crippen LogP contribution >= 0.6 is 0 Å². The molecule has 2 aliphatic rings. The number of aromatic nitrogens is 3. The minimum Gasteiger partial charge on any atom is -0.384 e. The number of nitrogens with one attached hydrogen (secondary N) is 1. The summed E-state index contributed by atoms with van der Waals surface area (Å²) in [6.45, 7) is 1.07. The molecule has 0 saturated heterocycles. The molecule has 0 amide bonds. The Morgan fingerprint density at radius 3 is 2.54 bits per heavy atom. The fourth-order valence-corrected chi connectivity index (χ4v) is 4.93. The lowest BCUT2D eigenvalue weighted by Crippen LogP contribution is -2.17. The molecule has 0 atom stereocenters. The van der Waals surface area contributed by atoms with Crippen molar-refractivity contribution in [3.05, 3.63) is 30.5 Å². The quantitative estimate of drug-likeness (QED) is 0.658. The van der Waals surface area contributed by atoms with Crippen molar-refractivity contribution in [1.29, 1.82) is 0 Å². The van der Waals surface area contributed by atoms with E-state index < -0.39 is 0 Å². The van der Waals surface area contributed by atoms with Gasteiger partial charge in [0.25, 0.3) is 0 Å². The van der Waals surface area contributed by atoms with E-state index in [1.807, 2.05) is 6.20 Å². The second-order valence-electron chi connectivity index (χ2n) is 8.15. The lowest BCUT2D eigenvalue weighted by molar-refractivity contribution is 0.373. The van der Waals surface area contributed by atoms with E-state index in [0.29, 0.717) is 6.04 Å². The summed E-state index contributed by atoms with van der Waals surface area (Å²) in [5.74, 6) is 0.801. The molecule has 0 unspecified atom stereocenters. The molecule has 2 heterocycles. The Labute approximate surface area is 155 Å². The van der Waals surface area contributed by atoms with Gasteiger partial charge in [0, 0.05) is 11.9 Å². The van der Waals surface area contributed by atoms with Crippen LogP contribution in [0.4, 0.5) is 5.69 Å². The smallest absolute Gasteiger partial charge is 0.160 e. The minimum atomic E-state index is 0.521. The monoisotopic (exact) mass is 348 g/mol. The van der Waals surface area contributed by atoms with Crippen LogP contribution < -0.4 is 5.32 Å². The highest BCUT2D eigenvalue weighted by molar-refractivity contribution is 6.06. The van der Waals surface area contributed by atoms with Crippen molar-refractivity contribution in [2.75, 3.05) is 11.9 Å². The van der Waals surface area contributed by atoms with E-state index in [4.69, 9.17) is 10.1 Å². The van der Waals surface area contributed by atoms with Crippen LogP contribution in [0, 0.1) is 5.92 Å². The van der Waals surface area contributed by atoms with Gasteiger partial charge in [-0.15, -0.1) is 0 Å². The number of pyridine rings is 1. The van der Waals surface area contributed by atoms with E-state index in [0.717, 1.165) is 23.6 Å². The van der Waals surface area contributed by atoms with Crippen molar-refractivity contribution in [2.45, 2.75) is 63.8 Å². The van der Waals surface area contributed by atoms with E-state index >= 15 is 0 Å². The molecule has 136 valence electrons. The predicted octanol–water partition coefficient (Wildman–Crippen LogP) is 5.69. The number of hydrogen-bond acceptors (Lipinski definition) is 3. The number of anilines is 1. The zero-order valence-electron chi connectivity index (χ0n) is 15.5. The number of para-hydroxylation sites is 1. The van der Waals surface area contributed by atoms with Gasteiger partial charge in [-0.2, -0.15) is 5.10 Å². The zero-order valence-corrected chi connectivity index (χ0v) is 15.5. The van der Waals surface area contributed by atoms with Crippen LogP contribution in [0.5, 0.6) is 0 Å². The largest absolute Gasteiger partial charge is 0.384 e. The summed E-state index contributed by atoms with van der Waals surface area (Å²) in [7, 11) is 0. The molecule has 0 aliphatic heterocycles. The van der Waals surface area contributed by atoms with Crippen LogP contribution in [-0.2, 0) is 0 Å². The first-order valence-corrected chi connectivity index (χ1v) is 10.4. The summed E-state index contributed by atoms with van der Waals surface area (Å²) in [6, 6.07) is 9.04. The van der Waals surface area contributed by atoms with Crippen LogP contribution in [0.1, 0.15) is 63.8 Å². The first-order chi connectivity index (χ1) is 12.9. The average Bonchev–Trinajstić information content (AvgIpc) is 3.35. The molecule has 1 aromatic carbocycles. The molecule has 2 fully saturated rings. The third kappa shape index (κ3) is 2.85.